The third kappa shape index (κ3) is 10.5. The maximum Gasteiger partial charge on any atom is 0.221 e. The van der Waals surface area contributed by atoms with Crippen molar-refractivity contribution >= 4 is 23.5 Å². The van der Waals surface area contributed by atoms with E-state index in [4.69, 9.17) is 0 Å². The highest BCUT2D eigenvalue weighted by molar-refractivity contribution is 5.88. The molecule has 25 heavy (non-hydrogen) atoms. The normalized spacial score (nSPS) is 11.3. The minimum absolute atomic E-state index is 0.0804. The molecule has 1 aromatic carbocycles. The summed E-state index contributed by atoms with van der Waals surface area (Å²) in [5.74, 6) is 0.140. The Morgan fingerprint density at radius 2 is 1.80 bits per heavy atom. The van der Waals surface area contributed by atoms with Crippen molar-refractivity contribution in [3.05, 3.63) is 72.5 Å². The van der Waals surface area contributed by atoms with Gasteiger partial charge in [-0.25, -0.2) is 0 Å². The van der Waals surface area contributed by atoms with Crippen molar-refractivity contribution in [1.29, 1.82) is 0 Å². The van der Waals surface area contributed by atoms with Gasteiger partial charge >= 0.3 is 0 Å². The van der Waals surface area contributed by atoms with Gasteiger partial charge in [0, 0.05) is 25.6 Å². The van der Waals surface area contributed by atoms with E-state index < -0.39 is 0 Å². The zero-order chi connectivity index (χ0) is 18.5. The first kappa shape index (κ1) is 20.2. The van der Waals surface area contributed by atoms with E-state index in [0.717, 1.165) is 29.8 Å². The number of nitrogens with one attached hydrogen (secondary N) is 2. The van der Waals surface area contributed by atoms with E-state index >= 15 is 0 Å². The number of Topliss-reactive ketones (excluding diaryl/α,β-unsaturated/α-hetero) is 1. The number of carbonyl (C=O) groups excluding carboxylic acids is 2. The van der Waals surface area contributed by atoms with Crippen LogP contribution in [0, 0.1) is 0 Å². The van der Waals surface area contributed by atoms with Crippen LogP contribution in [0.2, 0.25) is 0 Å². The lowest BCUT2D eigenvalue weighted by Gasteiger charge is -2.01. The lowest BCUT2D eigenvalue weighted by atomic mass is 10.1. The van der Waals surface area contributed by atoms with Gasteiger partial charge in [-0.3, -0.25) is 4.79 Å². The highest BCUT2D eigenvalue weighted by Gasteiger charge is 1.94. The number of benzene rings is 1. The van der Waals surface area contributed by atoms with E-state index in [2.05, 4.69) is 17.2 Å². The average Bonchev–Trinajstić information content (AvgIpc) is 2.56. The molecule has 0 atom stereocenters. The van der Waals surface area contributed by atoms with Gasteiger partial charge in [-0.15, -0.1) is 0 Å². The van der Waals surface area contributed by atoms with Crippen LogP contribution in [0.5, 0.6) is 0 Å². The second kappa shape index (κ2) is 11.6. The monoisotopic (exact) mass is 338 g/mol. The Morgan fingerprint density at radius 3 is 2.44 bits per heavy atom. The van der Waals surface area contributed by atoms with Crippen LogP contribution in [0.25, 0.3) is 6.08 Å². The minimum atomic E-state index is -0.0804. The van der Waals surface area contributed by atoms with Crippen LogP contribution >= 0.6 is 0 Å². The Bertz CT molecular complexity index is 668. The minimum Gasteiger partial charge on any atom is -0.391 e. The van der Waals surface area contributed by atoms with E-state index in [-0.39, 0.29) is 11.7 Å². The number of rotatable bonds is 10. The molecule has 0 unspecified atom stereocenters. The molecule has 0 aliphatic rings. The molecule has 1 aromatic rings. The molecule has 0 aliphatic carbocycles. The Labute approximate surface area is 150 Å². The molecule has 0 saturated heterocycles. The quantitative estimate of drug-likeness (QED) is 0.495. The van der Waals surface area contributed by atoms with Crippen molar-refractivity contribution in [3.63, 3.8) is 0 Å². The van der Waals surface area contributed by atoms with Crippen LogP contribution in [-0.4, -0.2) is 18.2 Å². The highest BCUT2D eigenvalue weighted by Crippen LogP contribution is 2.11. The third-order valence-electron chi connectivity index (χ3n) is 3.21. The number of anilines is 1. The first-order valence-corrected chi connectivity index (χ1v) is 8.28. The Balaban J connectivity index is 2.34. The number of allylic oxidation sites excluding steroid dienone is 5. The van der Waals surface area contributed by atoms with Gasteiger partial charge in [0.1, 0.15) is 5.78 Å². The van der Waals surface area contributed by atoms with Crippen LogP contribution in [0.15, 0.2) is 66.9 Å². The van der Waals surface area contributed by atoms with Gasteiger partial charge in [0.05, 0.1) is 0 Å². The Hall–Kier alpha value is -2.88. The molecular formula is C21H26N2O2. The van der Waals surface area contributed by atoms with Crippen molar-refractivity contribution in [2.45, 2.75) is 26.7 Å². The predicted octanol–water partition coefficient (Wildman–Crippen LogP) is 4.24. The standard InChI is InChI=1S/C21H26N2O2/c1-17(7-4-5-15-22-16-6-8-18(2)24)9-10-20-11-13-21(14-12-20)23-19(3)25/h4-5,7,9-15,22H,1,6,8,16H2,2-3H3,(H,23,25)/b7-4-,10-9+,15-5-. The summed E-state index contributed by atoms with van der Waals surface area (Å²) in [6.07, 6.45) is 12.9. The molecule has 4 nitrogen and oxygen atoms in total. The van der Waals surface area contributed by atoms with Crippen LogP contribution in [0.3, 0.4) is 0 Å². The van der Waals surface area contributed by atoms with Gasteiger partial charge in [0.2, 0.25) is 5.91 Å². The molecule has 0 spiro atoms. The van der Waals surface area contributed by atoms with Gasteiger partial charge in [-0.05, 0) is 48.9 Å². The Morgan fingerprint density at radius 1 is 1.08 bits per heavy atom. The zero-order valence-corrected chi connectivity index (χ0v) is 14.9. The van der Waals surface area contributed by atoms with Crippen molar-refractivity contribution in [1.82, 2.24) is 5.32 Å². The molecular weight excluding hydrogens is 312 g/mol. The first-order valence-electron chi connectivity index (χ1n) is 8.28. The zero-order valence-electron chi connectivity index (χ0n) is 14.9. The van der Waals surface area contributed by atoms with Gasteiger partial charge in [0.25, 0.3) is 0 Å². The predicted molar refractivity (Wildman–Crippen MR) is 105 cm³/mol. The van der Waals surface area contributed by atoms with Gasteiger partial charge in [-0.2, -0.15) is 0 Å². The smallest absolute Gasteiger partial charge is 0.221 e. The summed E-state index contributed by atoms with van der Waals surface area (Å²) >= 11 is 0. The maximum absolute atomic E-state index is 11.0. The second-order valence-electron chi connectivity index (χ2n) is 5.69. The molecule has 4 heteroatoms. The third-order valence-corrected chi connectivity index (χ3v) is 3.21. The van der Waals surface area contributed by atoms with Crippen molar-refractivity contribution < 1.29 is 9.59 Å². The molecule has 0 saturated carbocycles. The summed E-state index contributed by atoms with van der Waals surface area (Å²) in [6.45, 7) is 7.85. The molecule has 1 amide bonds. The van der Waals surface area contributed by atoms with Crippen LogP contribution < -0.4 is 10.6 Å². The number of amides is 1. The maximum atomic E-state index is 11.0. The summed E-state index contributed by atoms with van der Waals surface area (Å²) in [4.78, 5) is 21.8. The molecule has 1 rings (SSSR count). The van der Waals surface area contributed by atoms with Crippen LogP contribution in [-0.2, 0) is 9.59 Å². The van der Waals surface area contributed by atoms with E-state index in [0.29, 0.717) is 6.42 Å². The number of ketones is 1. The van der Waals surface area contributed by atoms with Crippen molar-refractivity contribution in [2.75, 3.05) is 11.9 Å². The topological polar surface area (TPSA) is 58.2 Å². The summed E-state index contributed by atoms with van der Waals surface area (Å²) in [5, 5.41) is 5.86. The lowest BCUT2D eigenvalue weighted by molar-refractivity contribution is -0.117. The van der Waals surface area contributed by atoms with E-state index in [9.17, 15) is 9.59 Å². The largest absolute Gasteiger partial charge is 0.391 e. The fraction of sp³-hybridized carbons (Fsp3) is 0.238. The molecule has 0 bridgehead atoms. The van der Waals surface area contributed by atoms with Gasteiger partial charge in [-0.1, -0.05) is 43.0 Å². The molecule has 0 radical (unpaired) electrons. The number of hydrogen-bond acceptors (Lipinski definition) is 3. The summed E-state index contributed by atoms with van der Waals surface area (Å²) in [7, 11) is 0. The van der Waals surface area contributed by atoms with Crippen molar-refractivity contribution in [2.24, 2.45) is 0 Å². The summed E-state index contributed by atoms with van der Waals surface area (Å²) in [5.41, 5.74) is 2.70. The fourth-order valence-electron chi connectivity index (χ4n) is 1.97. The first-order chi connectivity index (χ1) is 12.0. The fourth-order valence-corrected chi connectivity index (χ4v) is 1.97. The number of hydrogen-bond donors (Lipinski definition) is 2. The van der Waals surface area contributed by atoms with Gasteiger partial charge in [0.15, 0.2) is 0 Å². The summed E-state index contributed by atoms with van der Waals surface area (Å²) < 4.78 is 0. The molecule has 0 heterocycles. The summed E-state index contributed by atoms with van der Waals surface area (Å²) in [6, 6.07) is 7.59. The average molecular weight is 338 g/mol. The lowest BCUT2D eigenvalue weighted by Crippen LogP contribution is -2.07. The molecule has 0 fully saturated rings. The van der Waals surface area contributed by atoms with E-state index in [1.165, 1.54) is 6.92 Å². The van der Waals surface area contributed by atoms with Crippen molar-refractivity contribution in [3.8, 4) is 0 Å². The van der Waals surface area contributed by atoms with E-state index in [1.807, 2.05) is 60.8 Å². The number of carbonyl (C=O) groups is 2. The highest BCUT2D eigenvalue weighted by atomic mass is 16.1. The Kier molecular flexibility index (Phi) is 9.38. The van der Waals surface area contributed by atoms with Gasteiger partial charge < -0.3 is 15.4 Å². The second-order valence-corrected chi connectivity index (χ2v) is 5.69. The molecule has 0 aromatic heterocycles. The molecule has 2 N–H and O–H groups in total. The van der Waals surface area contributed by atoms with Crippen LogP contribution in [0.4, 0.5) is 5.69 Å². The molecule has 0 aliphatic heterocycles. The van der Waals surface area contributed by atoms with E-state index in [1.54, 1.807) is 6.92 Å². The molecule has 132 valence electrons. The SMILES string of the molecule is C=C(/C=C\C=C/NCCCC(C)=O)/C=C/c1ccc(NC(C)=O)cc1. The van der Waals surface area contributed by atoms with Crippen LogP contribution in [0.1, 0.15) is 32.3 Å².